The first-order valence-corrected chi connectivity index (χ1v) is 12.1. The molecule has 1 heterocycles. The van der Waals surface area contributed by atoms with Crippen LogP contribution in [0.2, 0.25) is 0 Å². The van der Waals surface area contributed by atoms with Gasteiger partial charge in [-0.15, -0.1) is 11.8 Å². The molecule has 1 amide bonds. The lowest BCUT2D eigenvalue weighted by Gasteiger charge is -2.34. The third-order valence-electron chi connectivity index (χ3n) is 5.48. The number of hydrogen-bond acceptors (Lipinski definition) is 4. The summed E-state index contributed by atoms with van der Waals surface area (Å²) in [7, 11) is -3.67. The smallest absolute Gasteiger partial charge is 0.243 e. The number of amides is 1. The minimum absolute atomic E-state index is 0.0225. The summed E-state index contributed by atoms with van der Waals surface area (Å²) in [6.45, 7) is 1.22. The van der Waals surface area contributed by atoms with E-state index in [0.717, 1.165) is 29.9 Å². The number of piperazine rings is 1. The molecule has 0 bridgehead atoms. The largest absolute Gasteiger partial charge is 0.339 e. The van der Waals surface area contributed by atoms with Crippen LogP contribution in [0.25, 0.3) is 0 Å². The van der Waals surface area contributed by atoms with Gasteiger partial charge in [0.25, 0.3) is 0 Å². The quantitative estimate of drug-likeness (QED) is 0.679. The van der Waals surface area contributed by atoms with Crippen molar-refractivity contribution in [3.63, 3.8) is 0 Å². The summed E-state index contributed by atoms with van der Waals surface area (Å²) in [6, 6.07) is 11.3. The van der Waals surface area contributed by atoms with E-state index in [0.29, 0.717) is 18.8 Å². The van der Waals surface area contributed by atoms with E-state index in [1.165, 1.54) is 45.7 Å². The Morgan fingerprint density at radius 2 is 1.66 bits per heavy atom. The number of thioether (sulfide) groups is 1. The molecule has 1 aliphatic carbocycles. The zero-order valence-corrected chi connectivity index (χ0v) is 17.6. The molecule has 1 fully saturated rings. The van der Waals surface area contributed by atoms with E-state index in [9.17, 15) is 17.6 Å². The maximum atomic E-state index is 13.1. The average molecular weight is 435 g/mol. The van der Waals surface area contributed by atoms with Crippen molar-refractivity contribution in [3.8, 4) is 0 Å². The number of benzene rings is 2. The second-order valence-electron chi connectivity index (χ2n) is 7.31. The summed E-state index contributed by atoms with van der Waals surface area (Å²) in [5.74, 6) is -0.0988. The van der Waals surface area contributed by atoms with Crippen LogP contribution >= 0.6 is 11.8 Å². The van der Waals surface area contributed by atoms with Crippen molar-refractivity contribution in [2.24, 2.45) is 0 Å². The van der Waals surface area contributed by atoms with Crippen LogP contribution in [0.5, 0.6) is 0 Å². The first-order valence-electron chi connectivity index (χ1n) is 9.71. The normalized spacial score (nSPS) is 17.3. The van der Waals surface area contributed by atoms with Crippen molar-refractivity contribution in [1.29, 1.82) is 0 Å². The van der Waals surface area contributed by atoms with Crippen molar-refractivity contribution in [2.75, 3.05) is 31.9 Å². The Kier molecular flexibility index (Phi) is 5.94. The maximum Gasteiger partial charge on any atom is 0.243 e. The first-order chi connectivity index (χ1) is 13.9. The molecule has 154 valence electrons. The Morgan fingerprint density at radius 3 is 2.38 bits per heavy atom. The molecule has 0 N–H and O–H groups in total. The fourth-order valence-corrected chi connectivity index (χ4v) is 6.09. The molecule has 0 unspecified atom stereocenters. The van der Waals surface area contributed by atoms with Gasteiger partial charge in [0.05, 0.1) is 10.6 Å². The molecular weight excluding hydrogens is 411 g/mol. The predicted molar refractivity (Wildman–Crippen MR) is 111 cm³/mol. The van der Waals surface area contributed by atoms with Gasteiger partial charge in [0.2, 0.25) is 15.9 Å². The summed E-state index contributed by atoms with van der Waals surface area (Å²) >= 11 is 1.53. The Hall–Kier alpha value is -1.90. The van der Waals surface area contributed by atoms with Crippen molar-refractivity contribution in [2.45, 2.75) is 29.1 Å². The molecule has 0 saturated carbocycles. The molecule has 0 radical (unpaired) electrons. The molecule has 2 aliphatic rings. The standard InChI is InChI=1S/C21H23FN2O3S2/c22-18-5-8-20(9-6-18)29(26,27)24-12-10-23(11-13-24)21(25)15-28-19-7-4-16-2-1-3-17(16)14-19/h4-9,14H,1-3,10-13,15H2. The van der Waals surface area contributed by atoms with Gasteiger partial charge in [0, 0.05) is 31.1 Å². The maximum absolute atomic E-state index is 13.1. The van der Waals surface area contributed by atoms with Crippen molar-refractivity contribution < 1.29 is 17.6 Å². The van der Waals surface area contributed by atoms with Gasteiger partial charge in [-0.05, 0) is 66.8 Å². The van der Waals surface area contributed by atoms with Crippen LogP contribution < -0.4 is 0 Å². The number of rotatable bonds is 5. The highest BCUT2D eigenvalue weighted by atomic mass is 32.2. The number of sulfonamides is 1. The van der Waals surface area contributed by atoms with Gasteiger partial charge in [0.1, 0.15) is 5.82 Å². The molecule has 0 aromatic heterocycles. The van der Waals surface area contributed by atoms with E-state index in [4.69, 9.17) is 0 Å². The molecule has 5 nitrogen and oxygen atoms in total. The molecule has 1 saturated heterocycles. The van der Waals surface area contributed by atoms with Gasteiger partial charge < -0.3 is 4.90 Å². The molecule has 2 aromatic carbocycles. The van der Waals surface area contributed by atoms with Gasteiger partial charge in [-0.2, -0.15) is 4.31 Å². The Balaban J connectivity index is 1.31. The van der Waals surface area contributed by atoms with Crippen LogP contribution in [0.1, 0.15) is 17.5 Å². The number of carbonyl (C=O) groups excluding carboxylic acids is 1. The highest BCUT2D eigenvalue weighted by Gasteiger charge is 2.30. The van der Waals surface area contributed by atoms with E-state index < -0.39 is 15.8 Å². The van der Waals surface area contributed by atoms with E-state index in [1.807, 2.05) is 0 Å². The van der Waals surface area contributed by atoms with E-state index in [1.54, 1.807) is 4.90 Å². The second kappa shape index (κ2) is 8.45. The number of aryl methyl sites for hydroxylation is 2. The van der Waals surface area contributed by atoms with Crippen LogP contribution in [0.3, 0.4) is 0 Å². The van der Waals surface area contributed by atoms with Gasteiger partial charge in [0.15, 0.2) is 0 Å². The van der Waals surface area contributed by atoms with Crippen LogP contribution in [0.4, 0.5) is 4.39 Å². The number of halogens is 1. The van der Waals surface area contributed by atoms with Crippen molar-refractivity contribution in [3.05, 3.63) is 59.4 Å². The molecule has 0 atom stereocenters. The molecule has 0 spiro atoms. The minimum atomic E-state index is -3.67. The highest BCUT2D eigenvalue weighted by molar-refractivity contribution is 8.00. The van der Waals surface area contributed by atoms with Gasteiger partial charge in [-0.25, -0.2) is 12.8 Å². The average Bonchev–Trinajstić information content (AvgIpc) is 3.20. The van der Waals surface area contributed by atoms with Gasteiger partial charge in [-0.1, -0.05) is 6.07 Å². The van der Waals surface area contributed by atoms with Crippen molar-refractivity contribution in [1.82, 2.24) is 9.21 Å². The zero-order valence-electron chi connectivity index (χ0n) is 16.0. The fourth-order valence-electron chi connectivity index (χ4n) is 3.81. The third-order valence-corrected chi connectivity index (χ3v) is 8.37. The minimum Gasteiger partial charge on any atom is -0.339 e. The molecule has 2 aromatic rings. The zero-order chi connectivity index (χ0) is 20.4. The number of carbonyl (C=O) groups is 1. The highest BCUT2D eigenvalue weighted by Crippen LogP contribution is 2.28. The monoisotopic (exact) mass is 434 g/mol. The van der Waals surface area contributed by atoms with E-state index in [-0.39, 0.29) is 23.9 Å². The summed E-state index contributed by atoms with van der Waals surface area (Å²) < 4.78 is 39.8. The molecular formula is C21H23FN2O3S2. The fraction of sp³-hybridized carbons (Fsp3) is 0.381. The number of fused-ring (bicyclic) bond motifs is 1. The second-order valence-corrected chi connectivity index (χ2v) is 10.3. The first kappa shape index (κ1) is 20.4. The third kappa shape index (κ3) is 4.49. The van der Waals surface area contributed by atoms with Crippen LogP contribution in [0.15, 0.2) is 52.3 Å². The number of hydrogen-bond donors (Lipinski definition) is 0. The van der Waals surface area contributed by atoms with Crippen LogP contribution in [0, 0.1) is 5.82 Å². The molecule has 1 aliphatic heterocycles. The van der Waals surface area contributed by atoms with E-state index in [2.05, 4.69) is 18.2 Å². The van der Waals surface area contributed by atoms with E-state index >= 15 is 0 Å². The van der Waals surface area contributed by atoms with Gasteiger partial charge in [-0.3, -0.25) is 4.79 Å². The van der Waals surface area contributed by atoms with Gasteiger partial charge >= 0.3 is 0 Å². The Labute approximate surface area is 174 Å². The summed E-state index contributed by atoms with van der Waals surface area (Å²) in [6.07, 6.45) is 3.46. The predicted octanol–water partition coefficient (Wildman–Crippen LogP) is 2.94. The lowest BCUT2D eigenvalue weighted by Crippen LogP contribution is -2.50. The summed E-state index contributed by atoms with van der Waals surface area (Å²) in [4.78, 5) is 15.5. The number of nitrogens with zero attached hydrogens (tertiary/aromatic N) is 2. The SMILES string of the molecule is O=C(CSc1ccc2c(c1)CCC2)N1CCN(S(=O)(=O)c2ccc(F)cc2)CC1. The van der Waals surface area contributed by atoms with Crippen molar-refractivity contribution >= 4 is 27.7 Å². The summed E-state index contributed by atoms with van der Waals surface area (Å²) in [5, 5.41) is 0. The molecule has 8 heteroatoms. The lowest BCUT2D eigenvalue weighted by molar-refractivity contribution is -0.129. The topological polar surface area (TPSA) is 57.7 Å². The Morgan fingerprint density at radius 1 is 0.966 bits per heavy atom. The lowest BCUT2D eigenvalue weighted by atomic mass is 10.1. The molecule has 4 rings (SSSR count). The summed E-state index contributed by atoms with van der Waals surface area (Å²) in [5.41, 5.74) is 2.81. The van der Waals surface area contributed by atoms with Crippen LogP contribution in [-0.2, 0) is 27.7 Å². The van der Waals surface area contributed by atoms with Crippen LogP contribution in [-0.4, -0.2) is 55.5 Å². The Bertz CT molecular complexity index is 1000. The molecule has 29 heavy (non-hydrogen) atoms.